The number of halogens is 1. The molecule has 1 rings (SSSR count). The Hall–Kier alpha value is -0.870. The number of aliphatic hydroxyl groups excluding tert-OH is 1. The highest BCUT2D eigenvalue weighted by Gasteiger charge is 2.10. The molecule has 1 aromatic carbocycles. The summed E-state index contributed by atoms with van der Waals surface area (Å²) in [7, 11) is 0. The van der Waals surface area contributed by atoms with Gasteiger partial charge in [-0.1, -0.05) is 28.9 Å². The molecule has 1 amide bonds. The Morgan fingerprint density at radius 2 is 2.24 bits per heavy atom. The predicted molar refractivity (Wildman–Crippen MR) is 72.1 cm³/mol. The van der Waals surface area contributed by atoms with Crippen LogP contribution in [-0.4, -0.2) is 24.2 Å². The van der Waals surface area contributed by atoms with Crippen LogP contribution in [0.3, 0.4) is 0 Å². The molecule has 1 aromatic rings. The van der Waals surface area contributed by atoms with Crippen LogP contribution in [0.4, 0.5) is 0 Å². The summed E-state index contributed by atoms with van der Waals surface area (Å²) in [6.45, 7) is 4.67. The SMILES string of the molecule is Cc1ccc(Br)cc1C(=O)NCC(C)CCO. The highest BCUT2D eigenvalue weighted by atomic mass is 79.9. The molecule has 0 aliphatic heterocycles. The lowest BCUT2D eigenvalue weighted by atomic mass is 10.1. The lowest BCUT2D eigenvalue weighted by Crippen LogP contribution is -2.29. The third-order valence-corrected chi connectivity index (χ3v) is 3.17. The normalized spacial score (nSPS) is 12.2. The average molecular weight is 300 g/mol. The second-order valence-corrected chi connectivity index (χ2v) is 5.20. The molecule has 0 bridgehead atoms. The Morgan fingerprint density at radius 3 is 2.88 bits per heavy atom. The van der Waals surface area contributed by atoms with Crippen LogP contribution in [-0.2, 0) is 0 Å². The van der Waals surface area contributed by atoms with E-state index in [0.29, 0.717) is 18.5 Å². The topological polar surface area (TPSA) is 49.3 Å². The minimum atomic E-state index is -0.0615. The molecule has 0 fully saturated rings. The van der Waals surface area contributed by atoms with E-state index in [2.05, 4.69) is 21.2 Å². The lowest BCUT2D eigenvalue weighted by Gasteiger charge is -2.12. The number of aryl methyl sites for hydroxylation is 1. The molecule has 0 spiro atoms. The standard InChI is InChI=1S/C13H18BrNO2/c1-9(5-6-16)8-15-13(17)12-7-11(14)4-3-10(12)2/h3-4,7,9,16H,5-6,8H2,1-2H3,(H,15,17). The van der Waals surface area contributed by atoms with E-state index >= 15 is 0 Å². The number of nitrogens with one attached hydrogen (secondary N) is 1. The van der Waals surface area contributed by atoms with E-state index in [4.69, 9.17) is 5.11 Å². The van der Waals surface area contributed by atoms with Crippen molar-refractivity contribution in [3.05, 3.63) is 33.8 Å². The van der Waals surface area contributed by atoms with Crippen LogP contribution in [0.1, 0.15) is 29.3 Å². The van der Waals surface area contributed by atoms with Crippen molar-refractivity contribution in [1.29, 1.82) is 0 Å². The van der Waals surface area contributed by atoms with Crippen molar-refractivity contribution >= 4 is 21.8 Å². The van der Waals surface area contributed by atoms with Crippen LogP contribution in [0.5, 0.6) is 0 Å². The number of aliphatic hydroxyl groups is 1. The summed E-state index contributed by atoms with van der Waals surface area (Å²) in [5, 5.41) is 11.7. The van der Waals surface area contributed by atoms with Gasteiger partial charge in [-0.25, -0.2) is 0 Å². The van der Waals surface area contributed by atoms with E-state index in [-0.39, 0.29) is 18.4 Å². The fraction of sp³-hybridized carbons (Fsp3) is 0.462. The largest absolute Gasteiger partial charge is 0.396 e. The number of rotatable bonds is 5. The van der Waals surface area contributed by atoms with Gasteiger partial charge in [0.05, 0.1) is 0 Å². The Bertz CT molecular complexity index is 393. The molecular formula is C13H18BrNO2. The molecule has 94 valence electrons. The first kappa shape index (κ1) is 14.2. The molecule has 1 atom stereocenters. The summed E-state index contributed by atoms with van der Waals surface area (Å²) < 4.78 is 0.900. The van der Waals surface area contributed by atoms with Gasteiger partial charge in [-0.15, -0.1) is 0 Å². The van der Waals surface area contributed by atoms with Crippen molar-refractivity contribution in [3.8, 4) is 0 Å². The Morgan fingerprint density at radius 1 is 1.53 bits per heavy atom. The fourth-order valence-electron chi connectivity index (χ4n) is 1.52. The Labute approximate surface area is 110 Å². The molecule has 1 unspecified atom stereocenters. The van der Waals surface area contributed by atoms with Crippen LogP contribution in [0.2, 0.25) is 0 Å². The summed E-state index contributed by atoms with van der Waals surface area (Å²) >= 11 is 3.36. The van der Waals surface area contributed by atoms with Gasteiger partial charge >= 0.3 is 0 Å². The number of hydrogen-bond acceptors (Lipinski definition) is 2. The molecule has 0 radical (unpaired) electrons. The van der Waals surface area contributed by atoms with Crippen molar-refractivity contribution in [2.45, 2.75) is 20.3 Å². The predicted octanol–water partition coefficient (Wildman–Crippen LogP) is 2.51. The molecule has 0 saturated heterocycles. The second kappa shape index (κ2) is 6.77. The van der Waals surface area contributed by atoms with Gasteiger partial charge < -0.3 is 10.4 Å². The van der Waals surface area contributed by atoms with Gasteiger partial charge in [-0.05, 0) is 37.0 Å². The van der Waals surface area contributed by atoms with E-state index < -0.39 is 0 Å². The molecule has 2 N–H and O–H groups in total. The fourth-order valence-corrected chi connectivity index (χ4v) is 1.88. The first-order chi connectivity index (χ1) is 8.04. The van der Waals surface area contributed by atoms with Crippen LogP contribution in [0, 0.1) is 12.8 Å². The Kier molecular flexibility index (Phi) is 5.65. The van der Waals surface area contributed by atoms with Gasteiger partial charge in [0, 0.05) is 23.2 Å². The van der Waals surface area contributed by atoms with E-state index in [1.54, 1.807) is 0 Å². The number of benzene rings is 1. The van der Waals surface area contributed by atoms with Crippen molar-refractivity contribution < 1.29 is 9.90 Å². The number of amides is 1. The minimum Gasteiger partial charge on any atom is -0.396 e. The average Bonchev–Trinajstić information content (AvgIpc) is 2.29. The summed E-state index contributed by atoms with van der Waals surface area (Å²) in [6.07, 6.45) is 0.706. The van der Waals surface area contributed by atoms with E-state index in [1.807, 2.05) is 32.0 Å². The monoisotopic (exact) mass is 299 g/mol. The Balaban J connectivity index is 2.61. The first-order valence-electron chi connectivity index (χ1n) is 5.69. The van der Waals surface area contributed by atoms with Gasteiger partial charge in [0.15, 0.2) is 0 Å². The van der Waals surface area contributed by atoms with Crippen molar-refractivity contribution in [1.82, 2.24) is 5.32 Å². The van der Waals surface area contributed by atoms with Crippen LogP contribution in [0.15, 0.2) is 22.7 Å². The smallest absolute Gasteiger partial charge is 0.251 e. The van der Waals surface area contributed by atoms with Gasteiger partial charge in [0.25, 0.3) is 5.91 Å². The molecular weight excluding hydrogens is 282 g/mol. The van der Waals surface area contributed by atoms with Crippen molar-refractivity contribution in [3.63, 3.8) is 0 Å². The quantitative estimate of drug-likeness (QED) is 0.878. The molecule has 0 saturated carbocycles. The number of carbonyl (C=O) groups is 1. The number of carbonyl (C=O) groups excluding carboxylic acids is 1. The summed E-state index contributed by atoms with van der Waals surface area (Å²) in [4.78, 5) is 11.9. The molecule has 0 aliphatic carbocycles. The van der Waals surface area contributed by atoms with Crippen molar-refractivity contribution in [2.24, 2.45) is 5.92 Å². The molecule has 17 heavy (non-hydrogen) atoms. The van der Waals surface area contributed by atoms with E-state index in [0.717, 1.165) is 10.0 Å². The van der Waals surface area contributed by atoms with E-state index in [9.17, 15) is 4.79 Å². The molecule has 0 aromatic heterocycles. The highest BCUT2D eigenvalue weighted by molar-refractivity contribution is 9.10. The maximum Gasteiger partial charge on any atom is 0.251 e. The van der Waals surface area contributed by atoms with Gasteiger partial charge in [0.2, 0.25) is 0 Å². The summed E-state index contributed by atoms with van der Waals surface area (Å²) in [5.41, 5.74) is 1.65. The van der Waals surface area contributed by atoms with Gasteiger partial charge in [-0.3, -0.25) is 4.79 Å². The van der Waals surface area contributed by atoms with Gasteiger partial charge in [-0.2, -0.15) is 0 Å². The maximum absolute atomic E-state index is 11.9. The molecule has 0 aliphatic rings. The third-order valence-electron chi connectivity index (χ3n) is 2.68. The number of hydrogen-bond donors (Lipinski definition) is 2. The molecule has 3 nitrogen and oxygen atoms in total. The second-order valence-electron chi connectivity index (χ2n) is 4.29. The van der Waals surface area contributed by atoms with Crippen molar-refractivity contribution in [2.75, 3.05) is 13.2 Å². The molecule has 4 heteroatoms. The first-order valence-corrected chi connectivity index (χ1v) is 6.49. The zero-order valence-electron chi connectivity index (χ0n) is 10.2. The zero-order chi connectivity index (χ0) is 12.8. The summed E-state index contributed by atoms with van der Waals surface area (Å²) in [6, 6.07) is 5.65. The van der Waals surface area contributed by atoms with Crippen LogP contribution >= 0.6 is 15.9 Å². The van der Waals surface area contributed by atoms with Crippen LogP contribution in [0.25, 0.3) is 0 Å². The minimum absolute atomic E-state index is 0.0615. The van der Waals surface area contributed by atoms with Crippen LogP contribution < -0.4 is 5.32 Å². The van der Waals surface area contributed by atoms with Gasteiger partial charge in [0.1, 0.15) is 0 Å². The lowest BCUT2D eigenvalue weighted by molar-refractivity contribution is 0.0945. The maximum atomic E-state index is 11.9. The van der Waals surface area contributed by atoms with E-state index in [1.165, 1.54) is 0 Å². The highest BCUT2D eigenvalue weighted by Crippen LogP contribution is 2.16. The molecule has 0 heterocycles. The zero-order valence-corrected chi connectivity index (χ0v) is 11.8. The third kappa shape index (κ3) is 4.48. The summed E-state index contributed by atoms with van der Waals surface area (Å²) in [5.74, 6) is 0.227.